The summed E-state index contributed by atoms with van der Waals surface area (Å²) >= 11 is 0. The van der Waals surface area contributed by atoms with Gasteiger partial charge < -0.3 is 14.6 Å². The molecule has 7 nitrogen and oxygen atoms in total. The van der Waals surface area contributed by atoms with Gasteiger partial charge in [0.1, 0.15) is 5.82 Å². The maximum absolute atomic E-state index is 14.8. The maximum Gasteiger partial charge on any atom is 0.261 e. The van der Waals surface area contributed by atoms with Crippen LogP contribution in [0.1, 0.15) is 57.9 Å². The van der Waals surface area contributed by atoms with Gasteiger partial charge in [-0.15, -0.1) is 0 Å². The van der Waals surface area contributed by atoms with Crippen LogP contribution in [0.3, 0.4) is 0 Å². The number of carbonyl (C=O) groups excluding carboxylic acids is 1. The van der Waals surface area contributed by atoms with E-state index in [9.17, 15) is 19.1 Å². The van der Waals surface area contributed by atoms with E-state index in [1.54, 1.807) is 13.2 Å². The molecule has 1 aliphatic heterocycles. The van der Waals surface area contributed by atoms with E-state index in [0.29, 0.717) is 48.9 Å². The van der Waals surface area contributed by atoms with Crippen molar-refractivity contribution in [3.8, 4) is 0 Å². The van der Waals surface area contributed by atoms with E-state index >= 15 is 0 Å². The first-order valence-corrected chi connectivity index (χ1v) is 11.9. The highest BCUT2D eigenvalue weighted by molar-refractivity contribution is 5.96. The van der Waals surface area contributed by atoms with Gasteiger partial charge in [0.2, 0.25) is 0 Å². The molecule has 8 heteroatoms. The largest absolute Gasteiger partial charge is 0.389 e. The smallest absolute Gasteiger partial charge is 0.261 e. The Labute approximate surface area is 203 Å². The van der Waals surface area contributed by atoms with Gasteiger partial charge in [0.05, 0.1) is 41.5 Å². The van der Waals surface area contributed by atoms with Crippen LogP contribution in [0, 0.1) is 19.7 Å². The van der Waals surface area contributed by atoms with Crippen LogP contribution < -0.4 is 5.56 Å². The van der Waals surface area contributed by atoms with Crippen LogP contribution in [0.4, 0.5) is 4.39 Å². The lowest BCUT2D eigenvalue weighted by molar-refractivity contribution is -0.0395. The van der Waals surface area contributed by atoms with Crippen molar-refractivity contribution < 1.29 is 23.8 Å². The Morgan fingerprint density at radius 2 is 2.09 bits per heavy atom. The zero-order chi connectivity index (χ0) is 25.1. The lowest BCUT2D eigenvalue weighted by Crippen LogP contribution is -2.39. The van der Waals surface area contributed by atoms with Crippen molar-refractivity contribution in [2.75, 3.05) is 26.9 Å². The van der Waals surface area contributed by atoms with Gasteiger partial charge in [0.25, 0.3) is 5.56 Å². The highest BCUT2D eigenvalue weighted by Crippen LogP contribution is 2.26. The molecule has 0 bridgehead atoms. The summed E-state index contributed by atoms with van der Waals surface area (Å²) in [7, 11) is 1.57. The first-order valence-electron chi connectivity index (χ1n) is 11.9. The highest BCUT2D eigenvalue weighted by atomic mass is 19.1. The van der Waals surface area contributed by atoms with Crippen LogP contribution in [0.2, 0.25) is 0 Å². The Bertz CT molecular complexity index is 1300. The average molecular weight is 483 g/mol. The Morgan fingerprint density at radius 3 is 2.80 bits per heavy atom. The number of hydrogen-bond acceptors (Lipinski definition) is 6. The molecule has 0 spiro atoms. The van der Waals surface area contributed by atoms with Crippen LogP contribution in [0.25, 0.3) is 10.9 Å². The normalized spacial score (nSPS) is 18.2. The number of nitrogens with zero attached hydrogens (tertiary/aromatic N) is 2. The van der Waals surface area contributed by atoms with Gasteiger partial charge in [-0.05, 0) is 73.6 Å². The van der Waals surface area contributed by atoms with Gasteiger partial charge in [-0.3, -0.25) is 14.2 Å². The van der Waals surface area contributed by atoms with Crippen molar-refractivity contribution in [1.29, 1.82) is 0 Å². The second kappa shape index (κ2) is 10.8. The third kappa shape index (κ3) is 5.19. The molecule has 1 aromatic heterocycles. The Hall–Kier alpha value is -2.94. The summed E-state index contributed by atoms with van der Waals surface area (Å²) in [6.07, 6.45) is 2.45. The summed E-state index contributed by atoms with van der Waals surface area (Å²) < 4.78 is 26.5. The summed E-state index contributed by atoms with van der Waals surface area (Å²) in [5, 5.41) is 10.8. The molecule has 186 valence electrons. The lowest BCUT2D eigenvalue weighted by Gasteiger charge is -2.29. The topological polar surface area (TPSA) is 90.7 Å². The summed E-state index contributed by atoms with van der Waals surface area (Å²) in [6.45, 7) is 4.99. The molecule has 1 N–H and O–H groups in total. The third-order valence-electron chi connectivity index (χ3n) is 6.88. The third-order valence-corrected chi connectivity index (χ3v) is 6.88. The molecule has 2 atom stereocenters. The molecular formula is C27H31FN2O5. The van der Waals surface area contributed by atoms with E-state index in [2.05, 4.69) is 4.98 Å². The van der Waals surface area contributed by atoms with Crippen LogP contribution >= 0.6 is 0 Å². The molecule has 3 aromatic rings. The fraction of sp³-hybridized carbons (Fsp3) is 0.444. The van der Waals surface area contributed by atoms with Gasteiger partial charge in [-0.2, -0.15) is 0 Å². The van der Waals surface area contributed by atoms with Crippen molar-refractivity contribution in [3.05, 3.63) is 74.6 Å². The van der Waals surface area contributed by atoms with Gasteiger partial charge in [-0.25, -0.2) is 9.37 Å². The Morgan fingerprint density at radius 1 is 1.29 bits per heavy atom. The fourth-order valence-corrected chi connectivity index (χ4v) is 4.69. The number of hydrogen-bond donors (Lipinski definition) is 1. The van der Waals surface area contributed by atoms with E-state index in [-0.39, 0.29) is 36.0 Å². The molecule has 0 amide bonds. The van der Waals surface area contributed by atoms with Gasteiger partial charge >= 0.3 is 0 Å². The van der Waals surface area contributed by atoms with Crippen LogP contribution in [-0.4, -0.2) is 53.5 Å². The summed E-state index contributed by atoms with van der Waals surface area (Å²) in [5.74, 6) is -0.789. The number of benzene rings is 2. The van der Waals surface area contributed by atoms with E-state index in [1.807, 2.05) is 19.9 Å². The van der Waals surface area contributed by atoms with Crippen molar-refractivity contribution in [2.24, 2.45) is 0 Å². The summed E-state index contributed by atoms with van der Waals surface area (Å²) in [4.78, 5) is 30.2. The van der Waals surface area contributed by atoms with E-state index in [0.717, 1.165) is 16.7 Å². The number of methoxy groups -OCH3 is 1. The minimum Gasteiger partial charge on any atom is -0.389 e. The first kappa shape index (κ1) is 25.2. The zero-order valence-electron chi connectivity index (χ0n) is 20.3. The fourth-order valence-electron chi connectivity index (χ4n) is 4.69. The SMILES string of the molecule is COCCCC(=O)c1ccc(Cc2cc3c(=O)n([C@H]4CCOC[C@@H]4O)cnc3c(C)c2C)cc1F. The highest BCUT2D eigenvalue weighted by Gasteiger charge is 2.27. The second-order valence-corrected chi connectivity index (χ2v) is 9.15. The molecule has 1 fully saturated rings. The van der Waals surface area contributed by atoms with Crippen molar-refractivity contribution in [1.82, 2.24) is 9.55 Å². The van der Waals surface area contributed by atoms with Crippen LogP contribution in [0.5, 0.6) is 0 Å². The number of Topliss-reactive ketones (excluding diaryl/α,β-unsaturated/α-hetero) is 1. The van der Waals surface area contributed by atoms with Gasteiger partial charge in [0.15, 0.2) is 5.78 Å². The molecule has 0 unspecified atom stereocenters. The number of rotatable bonds is 8. The standard InChI is InChI=1S/C27H31FN2O5/c1-16-17(2)26-21(27(33)30(15-29-26)23-8-10-35-14-25(23)32)13-19(16)11-18-6-7-20(22(28)12-18)24(31)5-4-9-34-3/h6-7,12-13,15,23,25,32H,4-5,8-11,14H2,1-3H3/t23-,25-/m0/s1. The van der Waals surface area contributed by atoms with E-state index in [4.69, 9.17) is 9.47 Å². The molecular weight excluding hydrogens is 451 g/mol. The number of ketones is 1. The predicted molar refractivity (Wildman–Crippen MR) is 131 cm³/mol. The quantitative estimate of drug-likeness (QED) is 0.389. The minimum absolute atomic E-state index is 0.0818. The number of aliphatic hydroxyl groups excluding tert-OH is 1. The summed E-state index contributed by atoms with van der Waals surface area (Å²) in [5.41, 5.74) is 3.96. The van der Waals surface area contributed by atoms with Crippen LogP contribution in [-0.2, 0) is 15.9 Å². The van der Waals surface area contributed by atoms with E-state index in [1.165, 1.54) is 23.0 Å². The number of aliphatic hydroxyl groups is 1. The number of aromatic nitrogens is 2. The van der Waals surface area contributed by atoms with E-state index < -0.39 is 11.9 Å². The molecule has 2 aromatic carbocycles. The molecule has 2 heterocycles. The Balaban J connectivity index is 1.66. The second-order valence-electron chi connectivity index (χ2n) is 9.15. The molecule has 0 aliphatic carbocycles. The summed E-state index contributed by atoms with van der Waals surface area (Å²) in [6, 6.07) is 6.11. The van der Waals surface area contributed by atoms with Crippen molar-refractivity contribution in [2.45, 2.75) is 51.7 Å². The number of fused-ring (bicyclic) bond motifs is 1. The molecule has 35 heavy (non-hydrogen) atoms. The average Bonchev–Trinajstić information content (AvgIpc) is 2.84. The van der Waals surface area contributed by atoms with Crippen molar-refractivity contribution >= 4 is 16.7 Å². The van der Waals surface area contributed by atoms with Gasteiger partial charge in [-0.1, -0.05) is 6.07 Å². The maximum atomic E-state index is 14.8. The predicted octanol–water partition coefficient (Wildman–Crippen LogP) is 3.67. The number of carbonyl (C=O) groups is 1. The molecule has 1 saturated heterocycles. The number of ether oxygens (including phenoxy) is 2. The lowest BCUT2D eigenvalue weighted by atomic mass is 9.93. The van der Waals surface area contributed by atoms with Crippen molar-refractivity contribution in [3.63, 3.8) is 0 Å². The minimum atomic E-state index is -0.773. The first-order chi connectivity index (χ1) is 16.8. The zero-order valence-corrected chi connectivity index (χ0v) is 20.3. The monoisotopic (exact) mass is 482 g/mol. The molecule has 4 rings (SSSR count). The molecule has 0 radical (unpaired) electrons. The Kier molecular flexibility index (Phi) is 7.74. The number of aryl methyl sites for hydroxylation is 1. The van der Waals surface area contributed by atoms with Gasteiger partial charge in [0, 0.05) is 26.7 Å². The molecule has 1 aliphatic rings. The van der Waals surface area contributed by atoms with Crippen LogP contribution in [0.15, 0.2) is 35.4 Å². The number of halogens is 1. The molecule has 0 saturated carbocycles.